The normalized spacial score (nSPS) is 18.6. The highest BCUT2D eigenvalue weighted by molar-refractivity contribution is 5.95. The minimum absolute atomic E-state index is 0.382. The van der Waals surface area contributed by atoms with Crippen molar-refractivity contribution in [2.75, 3.05) is 18.4 Å². The number of nitro groups is 1. The third-order valence-corrected chi connectivity index (χ3v) is 3.15. The molecule has 0 unspecified atom stereocenters. The molecule has 0 spiro atoms. The SMILES string of the molecule is O=C(Nc1c(F)cc(F)cc1[N+](=O)[O-])[C@@H]1CCCNC1. The lowest BCUT2D eigenvalue weighted by atomic mass is 9.98. The molecule has 1 heterocycles. The van der Waals surface area contributed by atoms with Crippen LogP contribution in [0.2, 0.25) is 0 Å². The summed E-state index contributed by atoms with van der Waals surface area (Å²) in [4.78, 5) is 21.8. The number of halogens is 2. The largest absolute Gasteiger partial charge is 0.318 e. The highest BCUT2D eigenvalue weighted by Crippen LogP contribution is 2.29. The van der Waals surface area contributed by atoms with E-state index in [1.807, 2.05) is 0 Å². The fourth-order valence-corrected chi connectivity index (χ4v) is 2.13. The zero-order valence-corrected chi connectivity index (χ0v) is 10.5. The molecule has 1 atom stereocenters. The number of nitro benzene ring substituents is 1. The van der Waals surface area contributed by atoms with Crippen LogP contribution in [0.15, 0.2) is 12.1 Å². The highest BCUT2D eigenvalue weighted by Gasteiger charge is 2.26. The average molecular weight is 285 g/mol. The number of carbonyl (C=O) groups excluding carboxylic acids is 1. The van der Waals surface area contributed by atoms with Gasteiger partial charge in [0.05, 0.1) is 16.9 Å². The molecule has 108 valence electrons. The number of anilines is 1. The highest BCUT2D eigenvalue weighted by atomic mass is 19.1. The topological polar surface area (TPSA) is 84.3 Å². The van der Waals surface area contributed by atoms with E-state index in [1.54, 1.807) is 0 Å². The van der Waals surface area contributed by atoms with Crippen LogP contribution in [0.3, 0.4) is 0 Å². The van der Waals surface area contributed by atoms with Gasteiger partial charge >= 0.3 is 0 Å². The van der Waals surface area contributed by atoms with E-state index in [4.69, 9.17) is 0 Å². The molecule has 8 heteroatoms. The second kappa shape index (κ2) is 5.91. The van der Waals surface area contributed by atoms with Crippen LogP contribution >= 0.6 is 0 Å². The minimum Gasteiger partial charge on any atom is -0.318 e. The summed E-state index contributed by atoms with van der Waals surface area (Å²) in [6.07, 6.45) is 1.42. The number of rotatable bonds is 3. The molecule has 1 aromatic carbocycles. The molecule has 1 aromatic rings. The van der Waals surface area contributed by atoms with Crippen molar-refractivity contribution in [2.45, 2.75) is 12.8 Å². The first-order valence-electron chi connectivity index (χ1n) is 6.14. The van der Waals surface area contributed by atoms with Crippen LogP contribution in [-0.4, -0.2) is 23.9 Å². The fraction of sp³-hybridized carbons (Fsp3) is 0.417. The van der Waals surface area contributed by atoms with Crippen LogP contribution in [0, 0.1) is 27.7 Å². The Morgan fingerprint density at radius 1 is 1.45 bits per heavy atom. The van der Waals surface area contributed by atoms with Crippen molar-refractivity contribution < 1.29 is 18.5 Å². The summed E-state index contributed by atoms with van der Waals surface area (Å²) in [6, 6.07) is 1.08. The predicted molar refractivity (Wildman–Crippen MR) is 67.2 cm³/mol. The molecule has 6 nitrogen and oxygen atoms in total. The molecule has 1 fully saturated rings. The summed E-state index contributed by atoms with van der Waals surface area (Å²) in [5, 5.41) is 16.0. The maximum absolute atomic E-state index is 13.6. The minimum atomic E-state index is -1.16. The Morgan fingerprint density at radius 3 is 2.80 bits per heavy atom. The van der Waals surface area contributed by atoms with Crippen LogP contribution in [0.1, 0.15) is 12.8 Å². The van der Waals surface area contributed by atoms with Gasteiger partial charge in [0.25, 0.3) is 5.69 Å². The second-order valence-corrected chi connectivity index (χ2v) is 4.57. The molecular formula is C12H13F2N3O3. The van der Waals surface area contributed by atoms with Gasteiger partial charge in [-0.25, -0.2) is 8.78 Å². The number of nitrogens with one attached hydrogen (secondary N) is 2. The summed E-state index contributed by atoms with van der Waals surface area (Å²) < 4.78 is 26.6. The molecule has 0 aliphatic carbocycles. The van der Waals surface area contributed by atoms with Crippen molar-refractivity contribution in [2.24, 2.45) is 5.92 Å². The molecule has 1 aliphatic rings. The molecule has 2 N–H and O–H groups in total. The number of carbonyl (C=O) groups is 1. The van der Waals surface area contributed by atoms with E-state index < -0.39 is 33.8 Å². The van der Waals surface area contributed by atoms with Gasteiger partial charge in [-0.15, -0.1) is 0 Å². The fourth-order valence-electron chi connectivity index (χ4n) is 2.13. The lowest BCUT2D eigenvalue weighted by Gasteiger charge is -2.21. The van der Waals surface area contributed by atoms with Gasteiger partial charge in [-0.05, 0) is 19.4 Å². The first-order valence-corrected chi connectivity index (χ1v) is 6.14. The summed E-state index contributed by atoms with van der Waals surface area (Å²) in [6.45, 7) is 1.23. The van der Waals surface area contributed by atoms with Crippen molar-refractivity contribution in [3.63, 3.8) is 0 Å². The van der Waals surface area contributed by atoms with Crippen molar-refractivity contribution in [3.05, 3.63) is 33.9 Å². The van der Waals surface area contributed by atoms with E-state index in [9.17, 15) is 23.7 Å². The van der Waals surface area contributed by atoms with Crippen molar-refractivity contribution in [1.82, 2.24) is 5.32 Å². The van der Waals surface area contributed by atoms with Gasteiger partial charge in [-0.2, -0.15) is 0 Å². The van der Waals surface area contributed by atoms with Crippen LogP contribution in [0.4, 0.5) is 20.2 Å². The molecular weight excluding hydrogens is 272 g/mol. The van der Waals surface area contributed by atoms with Gasteiger partial charge in [-0.1, -0.05) is 0 Å². The van der Waals surface area contributed by atoms with Crippen LogP contribution in [0.5, 0.6) is 0 Å². The standard InChI is InChI=1S/C12H13F2N3O3/c13-8-4-9(14)11(10(5-8)17(19)20)16-12(18)7-2-1-3-15-6-7/h4-5,7,15H,1-3,6H2,(H,16,18)/t7-/m1/s1. The molecule has 20 heavy (non-hydrogen) atoms. The van der Waals surface area contributed by atoms with E-state index in [0.29, 0.717) is 25.1 Å². The first-order chi connectivity index (χ1) is 9.49. The predicted octanol–water partition coefficient (Wildman–Crippen LogP) is 1.81. The quantitative estimate of drug-likeness (QED) is 0.655. The van der Waals surface area contributed by atoms with Crippen LogP contribution in [-0.2, 0) is 4.79 Å². The van der Waals surface area contributed by atoms with Crippen molar-refractivity contribution in [3.8, 4) is 0 Å². The number of benzene rings is 1. The van der Waals surface area contributed by atoms with Gasteiger partial charge in [-0.3, -0.25) is 14.9 Å². The van der Waals surface area contributed by atoms with E-state index >= 15 is 0 Å². The van der Waals surface area contributed by atoms with Crippen LogP contribution in [0.25, 0.3) is 0 Å². The number of nitrogens with zero attached hydrogens (tertiary/aromatic N) is 1. The van der Waals surface area contributed by atoms with Gasteiger partial charge in [0.15, 0.2) is 11.5 Å². The summed E-state index contributed by atoms with van der Waals surface area (Å²) in [7, 11) is 0. The lowest BCUT2D eigenvalue weighted by molar-refractivity contribution is -0.384. The number of hydrogen-bond donors (Lipinski definition) is 2. The molecule has 1 saturated heterocycles. The van der Waals surface area contributed by atoms with E-state index in [1.165, 1.54) is 0 Å². The third-order valence-electron chi connectivity index (χ3n) is 3.15. The van der Waals surface area contributed by atoms with Crippen molar-refractivity contribution in [1.29, 1.82) is 0 Å². The van der Waals surface area contributed by atoms with E-state index in [2.05, 4.69) is 10.6 Å². The zero-order chi connectivity index (χ0) is 14.7. The van der Waals surface area contributed by atoms with Gasteiger partial charge in [0, 0.05) is 12.6 Å². The average Bonchev–Trinajstić information content (AvgIpc) is 2.42. The molecule has 0 saturated carbocycles. The van der Waals surface area contributed by atoms with E-state index in [-0.39, 0.29) is 5.92 Å². The second-order valence-electron chi connectivity index (χ2n) is 4.57. The molecule has 1 amide bonds. The summed E-state index contributed by atoms with van der Waals surface area (Å²) in [5.74, 6) is -3.11. The Hall–Kier alpha value is -2.09. The van der Waals surface area contributed by atoms with Gasteiger partial charge in [0.1, 0.15) is 5.82 Å². The van der Waals surface area contributed by atoms with Crippen molar-refractivity contribution >= 4 is 17.3 Å². The van der Waals surface area contributed by atoms with Gasteiger partial charge < -0.3 is 10.6 Å². The Bertz CT molecular complexity index is 545. The Morgan fingerprint density at radius 2 is 2.20 bits per heavy atom. The molecule has 0 radical (unpaired) electrons. The Labute approximate surface area is 113 Å². The smallest absolute Gasteiger partial charge is 0.298 e. The zero-order valence-electron chi connectivity index (χ0n) is 10.5. The third kappa shape index (κ3) is 3.08. The van der Waals surface area contributed by atoms with Gasteiger partial charge in [0.2, 0.25) is 5.91 Å². The molecule has 2 rings (SSSR count). The summed E-state index contributed by atoms with van der Waals surface area (Å²) >= 11 is 0. The Balaban J connectivity index is 2.23. The molecule has 0 bridgehead atoms. The first kappa shape index (κ1) is 14.3. The molecule has 0 aromatic heterocycles. The number of amides is 1. The Kier molecular flexibility index (Phi) is 4.23. The number of hydrogen-bond acceptors (Lipinski definition) is 4. The lowest BCUT2D eigenvalue weighted by Crippen LogP contribution is -2.37. The maximum atomic E-state index is 13.6. The summed E-state index contributed by atoms with van der Waals surface area (Å²) in [5.41, 5.74) is -1.38. The van der Waals surface area contributed by atoms with Crippen LogP contribution < -0.4 is 10.6 Å². The monoisotopic (exact) mass is 285 g/mol. The number of piperidine rings is 1. The maximum Gasteiger partial charge on any atom is 0.298 e. The molecule has 1 aliphatic heterocycles. The van der Waals surface area contributed by atoms with E-state index in [0.717, 1.165) is 13.0 Å².